The average Bonchev–Trinajstić information content (AvgIpc) is 2.47. The molecular weight excluding hydrogens is 326 g/mol. The van der Waals surface area contributed by atoms with Crippen LogP contribution in [0.2, 0.25) is 0 Å². The van der Waals surface area contributed by atoms with Crippen LogP contribution in [0.1, 0.15) is 44.6 Å². The predicted molar refractivity (Wildman–Crippen MR) is 79.5 cm³/mol. The van der Waals surface area contributed by atoms with E-state index in [1.54, 1.807) is 0 Å². The van der Waals surface area contributed by atoms with E-state index in [-0.39, 0.29) is 22.4 Å². The highest BCUT2D eigenvalue weighted by atomic mass is 79.9. The van der Waals surface area contributed by atoms with E-state index in [4.69, 9.17) is 0 Å². The number of aliphatic hydroxyl groups is 1. The number of benzene rings is 1. The minimum atomic E-state index is -0.661. The summed E-state index contributed by atoms with van der Waals surface area (Å²) in [5.74, 6) is -0.258. The smallest absolute Gasteiger partial charge is 0.143 e. The van der Waals surface area contributed by atoms with E-state index in [0.717, 1.165) is 31.6 Å². The van der Waals surface area contributed by atoms with Crippen molar-refractivity contribution in [2.75, 3.05) is 0 Å². The van der Waals surface area contributed by atoms with Gasteiger partial charge in [0.2, 0.25) is 0 Å². The molecule has 1 aliphatic rings. The van der Waals surface area contributed by atoms with Gasteiger partial charge in [0.25, 0.3) is 0 Å². The SMILES string of the molecule is CCC1CCC(C(O)Cc2c(F)ccc(Br)c2F)CC1. The second-order valence-electron chi connectivity index (χ2n) is 5.78. The van der Waals surface area contributed by atoms with Gasteiger partial charge in [-0.2, -0.15) is 0 Å². The molecule has 0 aromatic heterocycles. The first-order valence-electron chi connectivity index (χ1n) is 7.33. The van der Waals surface area contributed by atoms with Crippen molar-refractivity contribution >= 4 is 15.9 Å². The highest BCUT2D eigenvalue weighted by Gasteiger charge is 2.27. The first-order valence-corrected chi connectivity index (χ1v) is 8.12. The van der Waals surface area contributed by atoms with Gasteiger partial charge in [-0.1, -0.05) is 26.2 Å². The van der Waals surface area contributed by atoms with E-state index in [2.05, 4.69) is 22.9 Å². The Bertz CT molecular complexity index is 456. The number of aliphatic hydroxyl groups excluding tert-OH is 1. The summed E-state index contributed by atoms with van der Waals surface area (Å²) in [7, 11) is 0. The molecule has 0 heterocycles. The van der Waals surface area contributed by atoms with Crippen LogP contribution in [0.5, 0.6) is 0 Å². The Morgan fingerprint density at radius 3 is 2.50 bits per heavy atom. The molecule has 1 fully saturated rings. The quantitative estimate of drug-likeness (QED) is 0.772. The van der Waals surface area contributed by atoms with Gasteiger partial charge in [0, 0.05) is 12.0 Å². The number of hydrogen-bond acceptors (Lipinski definition) is 1. The molecule has 1 aromatic carbocycles. The summed E-state index contributed by atoms with van der Waals surface area (Å²) in [4.78, 5) is 0. The Kier molecular flexibility index (Phi) is 5.56. The van der Waals surface area contributed by atoms with Crippen LogP contribution in [-0.2, 0) is 6.42 Å². The highest BCUT2D eigenvalue weighted by molar-refractivity contribution is 9.10. The topological polar surface area (TPSA) is 20.2 Å². The lowest BCUT2D eigenvalue weighted by molar-refractivity contribution is 0.0721. The fourth-order valence-corrected chi connectivity index (χ4v) is 3.48. The standard InChI is InChI=1S/C16H21BrF2O/c1-2-10-3-5-11(6-4-10)15(20)9-12-14(18)8-7-13(17)16(12)19/h7-8,10-11,15,20H,2-6,9H2,1H3. The zero-order valence-corrected chi connectivity index (χ0v) is 13.3. The van der Waals surface area contributed by atoms with Crippen molar-refractivity contribution in [2.45, 2.75) is 51.6 Å². The lowest BCUT2D eigenvalue weighted by Gasteiger charge is -2.31. The predicted octanol–water partition coefficient (Wildman–Crippen LogP) is 4.85. The van der Waals surface area contributed by atoms with Crippen LogP contribution in [0.15, 0.2) is 16.6 Å². The maximum Gasteiger partial charge on any atom is 0.143 e. The van der Waals surface area contributed by atoms with Gasteiger partial charge in [0.1, 0.15) is 11.6 Å². The van der Waals surface area contributed by atoms with E-state index in [1.807, 2.05) is 0 Å². The van der Waals surface area contributed by atoms with Crippen LogP contribution in [0.4, 0.5) is 8.78 Å². The van der Waals surface area contributed by atoms with E-state index >= 15 is 0 Å². The highest BCUT2D eigenvalue weighted by Crippen LogP contribution is 2.34. The van der Waals surface area contributed by atoms with Gasteiger partial charge in [0.05, 0.1) is 10.6 Å². The van der Waals surface area contributed by atoms with Crippen LogP contribution >= 0.6 is 15.9 Å². The van der Waals surface area contributed by atoms with Gasteiger partial charge in [-0.25, -0.2) is 8.78 Å². The Morgan fingerprint density at radius 2 is 1.90 bits per heavy atom. The summed E-state index contributed by atoms with van der Waals surface area (Å²) in [6.45, 7) is 2.19. The van der Waals surface area contributed by atoms with E-state index in [0.29, 0.717) is 0 Å². The molecule has 0 radical (unpaired) electrons. The van der Waals surface area contributed by atoms with Crippen LogP contribution in [-0.4, -0.2) is 11.2 Å². The Labute approximate surface area is 127 Å². The molecule has 2 rings (SSSR count). The largest absolute Gasteiger partial charge is 0.392 e. The van der Waals surface area contributed by atoms with E-state index in [9.17, 15) is 13.9 Å². The molecule has 1 aliphatic carbocycles. The molecule has 1 saturated carbocycles. The van der Waals surface area contributed by atoms with Gasteiger partial charge in [-0.05, 0) is 52.7 Å². The molecule has 0 aliphatic heterocycles. The molecular formula is C16H21BrF2O. The van der Waals surface area contributed by atoms with Gasteiger partial charge in [0.15, 0.2) is 0 Å². The molecule has 0 bridgehead atoms. The van der Waals surface area contributed by atoms with Crippen molar-refractivity contribution in [1.29, 1.82) is 0 Å². The van der Waals surface area contributed by atoms with Gasteiger partial charge < -0.3 is 5.11 Å². The van der Waals surface area contributed by atoms with Crippen LogP contribution < -0.4 is 0 Å². The maximum atomic E-state index is 13.9. The molecule has 112 valence electrons. The van der Waals surface area contributed by atoms with Crippen LogP contribution in [0.3, 0.4) is 0 Å². The second-order valence-corrected chi connectivity index (χ2v) is 6.64. The van der Waals surface area contributed by atoms with Crippen LogP contribution in [0, 0.1) is 23.5 Å². The third kappa shape index (κ3) is 3.59. The van der Waals surface area contributed by atoms with Crippen molar-refractivity contribution in [2.24, 2.45) is 11.8 Å². The molecule has 1 N–H and O–H groups in total. The van der Waals surface area contributed by atoms with Crippen molar-refractivity contribution in [3.63, 3.8) is 0 Å². The molecule has 20 heavy (non-hydrogen) atoms. The molecule has 1 nitrogen and oxygen atoms in total. The molecule has 1 atom stereocenters. The van der Waals surface area contributed by atoms with Crippen molar-refractivity contribution in [3.8, 4) is 0 Å². The molecule has 0 amide bonds. The number of rotatable bonds is 4. The maximum absolute atomic E-state index is 13.9. The summed E-state index contributed by atoms with van der Waals surface area (Å²) in [6, 6.07) is 2.59. The minimum absolute atomic E-state index is 0.00973. The first kappa shape index (κ1) is 15.9. The molecule has 0 saturated heterocycles. The molecule has 1 aromatic rings. The molecule has 1 unspecified atom stereocenters. The third-order valence-electron chi connectivity index (χ3n) is 4.57. The summed E-state index contributed by atoms with van der Waals surface area (Å²) >= 11 is 3.06. The Balaban J connectivity index is 2.02. The van der Waals surface area contributed by atoms with Crippen molar-refractivity contribution < 1.29 is 13.9 Å². The van der Waals surface area contributed by atoms with Crippen molar-refractivity contribution in [3.05, 3.63) is 33.8 Å². The van der Waals surface area contributed by atoms with Crippen molar-refractivity contribution in [1.82, 2.24) is 0 Å². The Morgan fingerprint density at radius 1 is 1.25 bits per heavy atom. The zero-order chi connectivity index (χ0) is 14.7. The number of halogens is 3. The fourth-order valence-electron chi connectivity index (χ4n) is 3.11. The van der Waals surface area contributed by atoms with Gasteiger partial charge in [-0.3, -0.25) is 0 Å². The second kappa shape index (κ2) is 6.99. The minimum Gasteiger partial charge on any atom is -0.392 e. The summed E-state index contributed by atoms with van der Waals surface area (Å²) < 4.78 is 27.9. The Hall–Kier alpha value is -0.480. The van der Waals surface area contributed by atoms with E-state index in [1.165, 1.54) is 18.6 Å². The number of hydrogen-bond donors (Lipinski definition) is 1. The summed E-state index contributed by atoms with van der Waals surface area (Å²) in [5, 5.41) is 10.3. The summed E-state index contributed by atoms with van der Waals surface area (Å²) in [5.41, 5.74) is -0.00973. The van der Waals surface area contributed by atoms with E-state index < -0.39 is 17.7 Å². The van der Waals surface area contributed by atoms with Gasteiger partial charge in [-0.15, -0.1) is 0 Å². The van der Waals surface area contributed by atoms with Crippen LogP contribution in [0.25, 0.3) is 0 Å². The zero-order valence-electron chi connectivity index (χ0n) is 11.7. The monoisotopic (exact) mass is 346 g/mol. The lowest BCUT2D eigenvalue weighted by atomic mass is 9.77. The average molecular weight is 347 g/mol. The first-order chi connectivity index (χ1) is 9.52. The third-order valence-corrected chi connectivity index (χ3v) is 5.18. The normalized spacial score (nSPS) is 24.6. The molecule has 4 heteroatoms. The van der Waals surface area contributed by atoms with Gasteiger partial charge >= 0.3 is 0 Å². The summed E-state index contributed by atoms with van der Waals surface area (Å²) in [6.07, 6.45) is 4.71. The molecule has 0 spiro atoms. The lowest BCUT2D eigenvalue weighted by Crippen LogP contribution is -2.28. The fraction of sp³-hybridized carbons (Fsp3) is 0.625.